The molecule has 0 fully saturated rings. The van der Waals surface area contributed by atoms with Gasteiger partial charge in [-0.3, -0.25) is 0 Å². The summed E-state index contributed by atoms with van der Waals surface area (Å²) in [5.41, 5.74) is 5.64. The van der Waals surface area contributed by atoms with Crippen molar-refractivity contribution in [1.82, 2.24) is 10.2 Å². The number of nitrogen functional groups attached to an aromatic ring is 1. The number of phenolic OH excluding ortho intramolecular Hbond substituents is 2. The molecule has 0 atom stereocenters. The van der Waals surface area contributed by atoms with Gasteiger partial charge in [-0.1, -0.05) is 5.10 Å². The van der Waals surface area contributed by atoms with E-state index in [2.05, 4.69) is 10.2 Å². The molecule has 14 heavy (non-hydrogen) atoms. The molecule has 2 aromatic rings. The lowest BCUT2D eigenvalue weighted by Crippen LogP contribution is -1.81. The molecule has 0 radical (unpaired) electrons. The second-order valence-electron chi connectivity index (χ2n) is 2.68. The van der Waals surface area contributed by atoms with Crippen LogP contribution in [-0.4, -0.2) is 20.4 Å². The molecule has 0 aliphatic carbocycles. The van der Waals surface area contributed by atoms with Crippen molar-refractivity contribution < 1.29 is 14.6 Å². The highest BCUT2D eigenvalue weighted by Gasteiger charge is 2.08. The third-order valence-corrected chi connectivity index (χ3v) is 1.59. The molecule has 2 rings (SSSR count). The fraction of sp³-hybridized carbons (Fsp3) is 0. The first-order valence-corrected chi connectivity index (χ1v) is 3.77. The molecule has 1 aromatic carbocycles. The lowest BCUT2D eigenvalue weighted by Gasteiger charge is -1.97. The molecular formula is C8H7N3O3. The minimum Gasteiger partial charge on any atom is -0.508 e. The fourth-order valence-electron chi connectivity index (χ4n) is 1.07. The lowest BCUT2D eigenvalue weighted by molar-refractivity contribution is 0.450. The summed E-state index contributed by atoms with van der Waals surface area (Å²) in [6, 6.07) is 3.89. The van der Waals surface area contributed by atoms with Gasteiger partial charge in [0.05, 0.1) is 0 Å². The molecular weight excluding hydrogens is 186 g/mol. The first-order valence-electron chi connectivity index (χ1n) is 3.77. The molecule has 6 heteroatoms. The molecule has 72 valence electrons. The average Bonchev–Trinajstić information content (AvgIpc) is 2.50. The molecule has 0 aliphatic heterocycles. The van der Waals surface area contributed by atoms with Gasteiger partial charge in [-0.25, -0.2) is 0 Å². The molecule has 0 saturated heterocycles. The topological polar surface area (TPSA) is 105 Å². The van der Waals surface area contributed by atoms with E-state index in [0.29, 0.717) is 5.56 Å². The van der Waals surface area contributed by atoms with Gasteiger partial charge in [-0.2, -0.15) is 0 Å². The number of aromatic hydroxyl groups is 2. The van der Waals surface area contributed by atoms with Gasteiger partial charge in [0.25, 0.3) is 0 Å². The van der Waals surface area contributed by atoms with Gasteiger partial charge in [-0.05, 0) is 12.1 Å². The molecule has 0 unspecified atom stereocenters. The maximum absolute atomic E-state index is 9.18. The van der Waals surface area contributed by atoms with E-state index in [9.17, 15) is 10.2 Å². The fourth-order valence-corrected chi connectivity index (χ4v) is 1.07. The first kappa shape index (κ1) is 8.36. The number of rotatable bonds is 1. The Morgan fingerprint density at radius 3 is 2.21 bits per heavy atom. The summed E-state index contributed by atoms with van der Waals surface area (Å²) >= 11 is 0. The quantitative estimate of drug-likeness (QED) is 0.616. The van der Waals surface area contributed by atoms with Crippen molar-refractivity contribution in [3.8, 4) is 23.0 Å². The maximum Gasteiger partial charge on any atom is 0.313 e. The molecule has 0 amide bonds. The van der Waals surface area contributed by atoms with Crippen LogP contribution in [0.15, 0.2) is 22.6 Å². The van der Waals surface area contributed by atoms with E-state index < -0.39 is 0 Å². The normalized spacial score (nSPS) is 10.3. The number of nitrogens with two attached hydrogens (primary N) is 1. The number of phenols is 2. The first-order chi connectivity index (χ1) is 6.65. The van der Waals surface area contributed by atoms with Crippen LogP contribution in [0.4, 0.5) is 6.01 Å². The van der Waals surface area contributed by atoms with Crippen LogP contribution in [0.5, 0.6) is 11.5 Å². The van der Waals surface area contributed by atoms with Gasteiger partial charge in [0.1, 0.15) is 11.5 Å². The van der Waals surface area contributed by atoms with E-state index in [0.717, 1.165) is 0 Å². The van der Waals surface area contributed by atoms with Gasteiger partial charge in [0.2, 0.25) is 5.89 Å². The van der Waals surface area contributed by atoms with Gasteiger partial charge < -0.3 is 20.4 Å². The summed E-state index contributed by atoms with van der Waals surface area (Å²) in [6.45, 7) is 0. The molecule has 1 heterocycles. The van der Waals surface area contributed by atoms with Gasteiger partial charge >= 0.3 is 6.01 Å². The van der Waals surface area contributed by atoms with Crippen molar-refractivity contribution in [2.24, 2.45) is 0 Å². The van der Waals surface area contributed by atoms with Crippen LogP contribution >= 0.6 is 0 Å². The number of hydrogen-bond donors (Lipinski definition) is 3. The highest BCUT2D eigenvalue weighted by molar-refractivity contribution is 5.59. The van der Waals surface area contributed by atoms with Crippen LogP contribution in [-0.2, 0) is 0 Å². The third-order valence-electron chi connectivity index (χ3n) is 1.59. The van der Waals surface area contributed by atoms with Crippen LogP contribution in [0.2, 0.25) is 0 Å². The smallest absolute Gasteiger partial charge is 0.313 e. The van der Waals surface area contributed by atoms with E-state index in [1.165, 1.54) is 18.2 Å². The minimum atomic E-state index is -0.0863. The van der Waals surface area contributed by atoms with Gasteiger partial charge in [0, 0.05) is 11.6 Å². The molecule has 0 bridgehead atoms. The summed E-state index contributed by atoms with van der Waals surface area (Å²) in [7, 11) is 0. The average molecular weight is 193 g/mol. The highest BCUT2D eigenvalue weighted by Crippen LogP contribution is 2.27. The Labute approximate surface area is 78.6 Å². The maximum atomic E-state index is 9.18. The number of aromatic nitrogens is 2. The summed E-state index contributed by atoms with van der Waals surface area (Å²) in [5.74, 6) is -0.0257. The summed E-state index contributed by atoms with van der Waals surface area (Å²) < 4.78 is 4.91. The molecule has 0 aliphatic rings. The summed E-state index contributed by atoms with van der Waals surface area (Å²) in [5, 5.41) is 25.4. The summed E-state index contributed by atoms with van der Waals surface area (Å²) in [4.78, 5) is 0. The van der Waals surface area contributed by atoms with Crippen LogP contribution in [0.1, 0.15) is 0 Å². The van der Waals surface area contributed by atoms with Crippen molar-refractivity contribution in [3.05, 3.63) is 18.2 Å². The van der Waals surface area contributed by atoms with Crippen molar-refractivity contribution >= 4 is 6.01 Å². The standard InChI is InChI=1S/C8H7N3O3/c9-8-11-10-7(14-8)4-1-5(12)3-6(13)2-4/h1-3,12-13H,(H2,9,11). The Bertz CT molecular complexity index is 446. The second kappa shape index (κ2) is 2.91. The van der Waals surface area contributed by atoms with Crippen LogP contribution in [0, 0.1) is 0 Å². The predicted octanol–water partition coefficient (Wildman–Crippen LogP) is 0.730. The van der Waals surface area contributed by atoms with Crippen LogP contribution in [0.3, 0.4) is 0 Å². The van der Waals surface area contributed by atoms with Crippen molar-refractivity contribution in [1.29, 1.82) is 0 Å². The summed E-state index contributed by atoms with van der Waals surface area (Å²) in [6.07, 6.45) is 0. The van der Waals surface area contributed by atoms with E-state index >= 15 is 0 Å². The Morgan fingerprint density at radius 1 is 1.07 bits per heavy atom. The molecule has 0 saturated carbocycles. The van der Waals surface area contributed by atoms with Gasteiger partial charge in [-0.15, -0.1) is 5.10 Å². The monoisotopic (exact) mass is 193 g/mol. The van der Waals surface area contributed by atoms with Crippen molar-refractivity contribution in [3.63, 3.8) is 0 Å². The van der Waals surface area contributed by atoms with E-state index in [1.807, 2.05) is 0 Å². The van der Waals surface area contributed by atoms with E-state index in [4.69, 9.17) is 10.2 Å². The second-order valence-corrected chi connectivity index (χ2v) is 2.68. The van der Waals surface area contributed by atoms with Crippen LogP contribution < -0.4 is 5.73 Å². The van der Waals surface area contributed by atoms with Crippen molar-refractivity contribution in [2.45, 2.75) is 0 Å². The Kier molecular flexibility index (Phi) is 1.74. The Hall–Kier alpha value is -2.24. The molecule has 0 spiro atoms. The molecule has 4 N–H and O–H groups in total. The largest absolute Gasteiger partial charge is 0.508 e. The predicted molar refractivity (Wildman–Crippen MR) is 47.5 cm³/mol. The zero-order chi connectivity index (χ0) is 10.1. The number of nitrogens with zero attached hydrogens (tertiary/aromatic N) is 2. The number of benzene rings is 1. The van der Waals surface area contributed by atoms with Gasteiger partial charge in [0.15, 0.2) is 0 Å². The Balaban J connectivity index is 2.51. The zero-order valence-electron chi connectivity index (χ0n) is 7.01. The highest BCUT2D eigenvalue weighted by atomic mass is 16.4. The molecule has 6 nitrogen and oxygen atoms in total. The van der Waals surface area contributed by atoms with E-state index in [-0.39, 0.29) is 23.4 Å². The third kappa shape index (κ3) is 1.45. The lowest BCUT2D eigenvalue weighted by atomic mass is 10.2. The van der Waals surface area contributed by atoms with E-state index in [1.54, 1.807) is 0 Å². The molecule has 1 aromatic heterocycles. The van der Waals surface area contributed by atoms with Crippen molar-refractivity contribution in [2.75, 3.05) is 5.73 Å². The van der Waals surface area contributed by atoms with Crippen LogP contribution in [0.25, 0.3) is 11.5 Å². The minimum absolute atomic E-state index is 0.0668. The number of hydrogen-bond acceptors (Lipinski definition) is 6. The SMILES string of the molecule is Nc1nnc(-c2cc(O)cc(O)c2)o1. The zero-order valence-corrected chi connectivity index (χ0v) is 7.01. The Morgan fingerprint density at radius 2 is 1.71 bits per heavy atom. The number of anilines is 1.